The van der Waals surface area contributed by atoms with Gasteiger partial charge in [0.1, 0.15) is 18.0 Å². The maximum Gasteiger partial charge on any atom is 0.331 e. The highest BCUT2D eigenvalue weighted by molar-refractivity contribution is 7.09. The molecule has 0 saturated carbocycles. The van der Waals surface area contributed by atoms with E-state index >= 15 is 4.39 Å². The van der Waals surface area contributed by atoms with Gasteiger partial charge in [0.05, 0.1) is 28.5 Å². The summed E-state index contributed by atoms with van der Waals surface area (Å²) in [4.78, 5) is 44.8. The van der Waals surface area contributed by atoms with E-state index in [9.17, 15) is 18.8 Å². The van der Waals surface area contributed by atoms with Crippen LogP contribution in [0.15, 0.2) is 45.6 Å². The average Bonchev–Trinajstić information content (AvgIpc) is 3.62. The number of thiazole rings is 1. The lowest BCUT2D eigenvalue weighted by Gasteiger charge is -2.25. The molecular formula is C24H25F2N7O3S. The molecule has 0 bridgehead atoms. The van der Waals surface area contributed by atoms with E-state index in [2.05, 4.69) is 15.4 Å². The summed E-state index contributed by atoms with van der Waals surface area (Å²) < 4.78 is 32.5. The Kier molecular flexibility index (Phi) is 6.40. The zero-order chi connectivity index (χ0) is 26.4. The second-order valence-corrected chi connectivity index (χ2v) is 10.0. The van der Waals surface area contributed by atoms with Crippen LogP contribution in [0.4, 0.5) is 20.2 Å². The van der Waals surface area contributed by atoms with Crippen LogP contribution in [0.5, 0.6) is 0 Å². The molecule has 4 heterocycles. The summed E-state index contributed by atoms with van der Waals surface area (Å²) in [5.74, 6) is -1.12. The number of anilines is 2. The quantitative estimate of drug-likeness (QED) is 0.411. The first kappa shape index (κ1) is 24.8. The van der Waals surface area contributed by atoms with Gasteiger partial charge in [-0.05, 0) is 31.5 Å². The molecule has 5 rings (SSSR count). The van der Waals surface area contributed by atoms with E-state index in [1.807, 2.05) is 0 Å². The molecule has 1 amide bonds. The third-order valence-electron chi connectivity index (χ3n) is 6.85. The van der Waals surface area contributed by atoms with Gasteiger partial charge in [0.2, 0.25) is 5.91 Å². The summed E-state index contributed by atoms with van der Waals surface area (Å²) in [6, 6.07) is 2.81. The van der Waals surface area contributed by atoms with Crippen molar-refractivity contribution in [2.24, 2.45) is 14.1 Å². The molecule has 10 nitrogen and oxygen atoms in total. The zero-order valence-corrected chi connectivity index (χ0v) is 21.2. The molecule has 1 aromatic carbocycles. The number of aromatic nitrogens is 5. The number of alkyl halides is 1. The molecule has 1 aliphatic rings. The molecule has 4 aromatic rings. The minimum atomic E-state index is -1.03. The van der Waals surface area contributed by atoms with Gasteiger partial charge >= 0.3 is 5.69 Å². The smallest absolute Gasteiger partial charge is 0.331 e. The lowest BCUT2D eigenvalue weighted by molar-refractivity contribution is -0.119. The van der Waals surface area contributed by atoms with Crippen LogP contribution in [-0.4, -0.2) is 48.6 Å². The summed E-state index contributed by atoms with van der Waals surface area (Å²) in [5.41, 5.74) is -0.255. The Bertz CT molecular complexity index is 1590. The first-order valence-electron chi connectivity index (χ1n) is 11.7. The number of hydrogen-bond donors (Lipinski definition) is 1. The highest BCUT2D eigenvalue weighted by Crippen LogP contribution is 2.31. The number of carbonyl (C=O) groups excluding carboxylic acids is 1. The van der Waals surface area contributed by atoms with Crippen LogP contribution in [0.2, 0.25) is 0 Å². The fourth-order valence-electron chi connectivity index (χ4n) is 4.71. The minimum Gasteiger partial charge on any atom is -0.363 e. The molecule has 37 heavy (non-hydrogen) atoms. The number of amides is 1. The monoisotopic (exact) mass is 529 g/mol. The molecule has 1 aliphatic heterocycles. The van der Waals surface area contributed by atoms with Gasteiger partial charge in [-0.2, -0.15) is 5.10 Å². The molecular weight excluding hydrogens is 504 g/mol. The van der Waals surface area contributed by atoms with Gasteiger partial charge in [-0.3, -0.25) is 18.7 Å². The highest BCUT2D eigenvalue weighted by Gasteiger charge is 2.32. The highest BCUT2D eigenvalue weighted by atomic mass is 32.1. The Balaban J connectivity index is 1.50. The molecule has 0 radical (unpaired) electrons. The molecule has 3 atom stereocenters. The minimum absolute atomic E-state index is 0.0895. The number of aryl methyl sites for hydroxylation is 1. The first-order valence-corrected chi connectivity index (χ1v) is 12.6. The number of nitrogens with one attached hydrogen (secondary N) is 1. The molecule has 194 valence electrons. The Morgan fingerprint density at radius 1 is 1.27 bits per heavy atom. The SMILES string of the molecule is CC1C(F)CCN1c1ccc(NC(=O)[C@H](Cc2nccs2)n2ncc3c2c(=O)n(C)c(=O)n3C)cc1F. The Morgan fingerprint density at radius 3 is 2.70 bits per heavy atom. The van der Waals surface area contributed by atoms with Crippen molar-refractivity contribution in [1.82, 2.24) is 23.9 Å². The summed E-state index contributed by atoms with van der Waals surface area (Å²) in [6.07, 6.45) is 2.40. The lowest BCUT2D eigenvalue weighted by Crippen LogP contribution is -2.38. The van der Waals surface area contributed by atoms with E-state index in [1.165, 1.54) is 53.0 Å². The number of benzene rings is 1. The topological polar surface area (TPSA) is 107 Å². The van der Waals surface area contributed by atoms with Gasteiger partial charge in [0.15, 0.2) is 5.52 Å². The van der Waals surface area contributed by atoms with E-state index in [-0.39, 0.29) is 28.8 Å². The van der Waals surface area contributed by atoms with Crippen molar-refractivity contribution >= 4 is 39.7 Å². The van der Waals surface area contributed by atoms with Crippen LogP contribution in [0, 0.1) is 5.82 Å². The van der Waals surface area contributed by atoms with Crippen molar-refractivity contribution in [2.45, 2.75) is 38.0 Å². The van der Waals surface area contributed by atoms with Crippen LogP contribution in [-0.2, 0) is 25.3 Å². The molecule has 0 aliphatic carbocycles. The summed E-state index contributed by atoms with van der Waals surface area (Å²) >= 11 is 1.34. The third-order valence-corrected chi connectivity index (χ3v) is 7.66. The van der Waals surface area contributed by atoms with E-state index in [0.29, 0.717) is 18.0 Å². The average molecular weight is 530 g/mol. The predicted molar refractivity (Wildman–Crippen MR) is 136 cm³/mol. The Morgan fingerprint density at radius 2 is 2.05 bits per heavy atom. The van der Waals surface area contributed by atoms with Crippen molar-refractivity contribution in [3.05, 3.63) is 67.6 Å². The van der Waals surface area contributed by atoms with E-state index < -0.39 is 41.2 Å². The molecule has 1 N–H and O–H groups in total. The van der Waals surface area contributed by atoms with Gasteiger partial charge in [0.25, 0.3) is 5.56 Å². The number of rotatable bonds is 6. The second kappa shape index (κ2) is 9.54. The molecule has 2 unspecified atom stereocenters. The van der Waals surface area contributed by atoms with Gasteiger partial charge in [-0.15, -0.1) is 11.3 Å². The Hall–Kier alpha value is -3.87. The fraction of sp³-hybridized carbons (Fsp3) is 0.375. The van der Waals surface area contributed by atoms with E-state index in [0.717, 1.165) is 4.57 Å². The van der Waals surface area contributed by atoms with Crippen molar-refractivity contribution in [1.29, 1.82) is 0 Å². The normalized spacial score (nSPS) is 18.5. The number of hydrogen-bond acceptors (Lipinski definition) is 7. The third kappa shape index (κ3) is 4.32. The van der Waals surface area contributed by atoms with Crippen molar-refractivity contribution in [2.75, 3.05) is 16.8 Å². The second-order valence-electron chi connectivity index (χ2n) is 9.07. The van der Waals surface area contributed by atoms with Gasteiger partial charge in [-0.25, -0.2) is 23.2 Å². The zero-order valence-electron chi connectivity index (χ0n) is 20.4. The number of fused-ring (bicyclic) bond motifs is 1. The molecule has 0 spiro atoms. The number of halogens is 2. The first-order chi connectivity index (χ1) is 17.7. The molecule has 1 saturated heterocycles. The van der Waals surface area contributed by atoms with Gasteiger partial charge in [0, 0.05) is 44.3 Å². The van der Waals surface area contributed by atoms with Crippen LogP contribution in [0.1, 0.15) is 24.4 Å². The summed E-state index contributed by atoms with van der Waals surface area (Å²) in [6.45, 7) is 2.12. The molecule has 1 fully saturated rings. The Labute approximate surface area is 213 Å². The van der Waals surface area contributed by atoms with Crippen LogP contribution < -0.4 is 21.5 Å². The van der Waals surface area contributed by atoms with E-state index in [4.69, 9.17) is 0 Å². The van der Waals surface area contributed by atoms with Crippen LogP contribution in [0.25, 0.3) is 11.0 Å². The van der Waals surface area contributed by atoms with Crippen molar-refractivity contribution in [3.63, 3.8) is 0 Å². The standard InChI is InChI=1S/C24H25F2N7O3S/c1-13-15(25)6-8-32(13)17-5-4-14(10-16(17)26)29-22(34)18(11-20-27-7-9-37-20)33-21-19(12-28-33)30(2)24(36)31(3)23(21)35/h4-5,7,9-10,12-13,15,18H,6,8,11H2,1-3H3,(H,29,34)/t13?,15?,18-/m0/s1. The number of nitrogens with zero attached hydrogens (tertiary/aromatic N) is 6. The maximum absolute atomic E-state index is 15.0. The molecule has 13 heteroatoms. The lowest BCUT2D eigenvalue weighted by atomic mass is 10.1. The van der Waals surface area contributed by atoms with Crippen LogP contribution >= 0.6 is 11.3 Å². The molecule has 3 aromatic heterocycles. The predicted octanol–water partition coefficient (Wildman–Crippen LogP) is 2.39. The number of carbonyl (C=O) groups is 1. The summed E-state index contributed by atoms with van der Waals surface area (Å²) in [7, 11) is 2.87. The maximum atomic E-state index is 15.0. The van der Waals surface area contributed by atoms with Crippen molar-refractivity contribution < 1.29 is 13.6 Å². The van der Waals surface area contributed by atoms with E-state index in [1.54, 1.807) is 29.5 Å². The summed E-state index contributed by atoms with van der Waals surface area (Å²) in [5, 5.41) is 9.40. The van der Waals surface area contributed by atoms with Gasteiger partial charge < -0.3 is 10.2 Å². The largest absolute Gasteiger partial charge is 0.363 e. The van der Waals surface area contributed by atoms with Crippen LogP contribution in [0.3, 0.4) is 0 Å². The fourth-order valence-corrected chi connectivity index (χ4v) is 5.37. The van der Waals surface area contributed by atoms with Gasteiger partial charge in [-0.1, -0.05) is 0 Å². The van der Waals surface area contributed by atoms with Crippen molar-refractivity contribution in [3.8, 4) is 0 Å².